The molecule has 26 heavy (non-hydrogen) atoms. The number of benzene rings is 2. The van der Waals surface area contributed by atoms with Crippen LogP contribution < -0.4 is 5.32 Å². The Bertz CT molecular complexity index is 837. The number of carbonyl (C=O) groups is 1. The molecule has 0 amide bonds. The third-order valence-electron chi connectivity index (χ3n) is 4.17. The highest BCUT2D eigenvalue weighted by Crippen LogP contribution is 2.11. The first-order valence-corrected chi connectivity index (χ1v) is 8.75. The highest BCUT2D eigenvalue weighted by Gasteiger charge is 2.17. The molecule has 1 aliphatic rings. The molecule has 0 heterocycles. The number of hydrogen-bond donors (Lipinski definition) is 2. The lowest BCUT2D eigenvalue weighted by Gasteiger charge is -2.14. The van der Waals surface area contributed by atoms with Gasteiger partial charge in [-0.3, -0.25) is 9.79 Å². The van der Waals surface area contributed by atoms with Gasteiger partial charge in [0.05, 0.1) is 5.70 Å². The summed E-state index contributed by atoms with van der Waals surface area (Å²) in [6.45, 7) is 1.20. The molecule has 3 rings (SSSR count). The van der Waals surface area contributed by atoms with Crippen molar-refractivity contribution < 1.29 is 9.90 Å². The number of aliphatic hydroxyl groups excluding tert-OH is 1. The van der Waals surface area contributed by atoms with Gasteiger partial charge in [-0.15, -0.1) is 0 Å². The standard InChI is InChI=1S/C22H22N2O2/c25-21-16-22(26)20(24-14-12-18-9-5-2-6-10-18)15-19(21)23-13-11-17-7-3-1-4-8-17/h1-10,15-16,23,25H,11-14H2. The summed E-state index contributed by atoms with van der Waals surface area (Å²) in [5.74, 6) is -0.297. The fourth-order valence-electron chi connectivity index (χ4n) is 2.76. The van der Waals surface area contributed by atoms with E-state index in [0.29, 0.717) is 24.5 Å². The maximum absolute atomic E-state index is 12.0. The van der Waals surface area contributed by atoms with Crippen molar-refractivity contribution in [1.82, 2.24) is 5.32 Å². The van der Waals surface area contributed by atoms with Gasteiger partial charge < -0.3 is 10.4 Å². The Morgan fingerprint density at radius 2 is 1.46 bits per heavy atom. The largest absolute Gasteiger partial charge is 0.506 e. The van der Waals surface area contributed by atoms with Crippen LogP contribution in [0.25, 0.3) is 0 Å². The smallest absolute Gasteiger partial charge is 0.207 e. The first-order valence-electron chi connectivity index (χ1n) is 8.75. The van der Waals surface area contributed by atoms with Gasteiger partial charge >= 0.3 is 0 Å². The van der Waals surface area contributed by atoms with Crippen LogP contribution >= 0.6 is 0 Å². The summed E-state index contributed by atoms with van der Waals surface area (Å²) in [5, 5.41) is 13.2. The van der Waals surface area contributed by atoms with Crippen LogP contribution in [-0.4, -0.2) is 29.7 Å². The van der Waals surface area contributed by atoms with E-state index in [1.165, 1.54) is 17.2 Å². The van der Waals surface area contributed by atoms with Crippen LogP contribution in [0.3, 0.4) is 0 Å². The Hall–Kier alpha value is -3.14. The first kappa shape index (κ1) is 17.7. The lowest BCUT2D eigenvalue weighted by Crippen LogP contribution is -2.25. The molecule has 1 aliphatic carbocycles. The second kappa shape index (κ2) is 8.81. The van der Waals surface area contributed by atoms with Gasteiger partial charge in [0, 0.05) is 19.2 Å². The molecule has 0 unspecified atom stereocenters. The molecule has 4 nitrogen and oxygen atoms in total. The molecule has 132 valence electrons. The van der Waals surface area contributed by atoms with E-state index in [1.54, 1.807) is 6.08 Å². The quantitative estimate of drug-likeness (QED) is 0.755. The van der Waals surface area contributed by atoms with Crippen molar-refractivity contribution in [2.45, 2.75) is 12.8 Å². The van der Waals surface area contributed by atoms with Crippen molar-refractivity contribution in [2.24, 2.45) is 4.99 Å². The normalized spacial score (nSPS) is 15.5. The van der Waals surface area contributed by atoms with Crippen molar-refractivity contribution in [3.05, 3.63) is 95.4 Å². The Morgan fingerprint density at radius 3 is 2.12 bits per heavy atom. The van der Waals surface area contributed by atoms with Gasteiger partial charge in [0.15, 0.2) is 0 Å². The number of ketones is 1. The van der Waals surface area contributed by atoms with Crippen LogP contribution in [0.1, 0.15) is 11.1 Å². The highest BCUT2D eigenvalue weighted by molar-refractivity contribution is 6.49. The van der Waals surface area contributed by atoms with Crippen molar-refractivity contribution in [1.29, 1.82) is 0 Å². The summed E-state index contributed by atoms with van der Waals surface area (Å²) < 4.78 is 0. The number of carbonyl (C=O) groups excluding carboxylic acids is 1. The number of rotatable bonds is 7. The molecule has 0 radical (unpaired) electrons. The van der Waals surface area contributed by atoms with Crippen LogP contribution in [0.2, 0.25) is 0 Å². The molecular weight excluding hydrogens is 324 g/mol. The van der Waals surface area contributed by atoms with Crippen molar-refractivity contribution in [3.63, 3.8) is 0 Å². The zero-order valence-corrected chi connectivity index (χ0v) is 14.6. The van der Waals surface area contributed by atoms with Crippen LogP contribution in [0.5, 0.6) is 0 Å². The number of aliphatic imine (C=N–C) groups is 1. The predicted octanol–water partition coefficient (Wildman–Crippen LogP) is 3.41. The zero-order valence-electron chi connectivity index (χ0n) is 14.6. The number of allylic oxidation sites excluding steroid dienone is 2. The average molecular weight is 346 g/mol. The van der Waals surface area contributed by atoms with Crippen molar-refractivity contribution in [2.75, 3.05) is 13.1 Å². The third kappa shape index (κ3) is 4.93. The van der Waals surface area contributed by atoms with Gasteiger partial charge in [0.25, 0.3) is 0 Å². The molecule has 0 spiro atoms. The molecule has 2 aromatic carbocycles. The summed E-state index contributed by atoms with van der Waals surface area (Å²) in [6, 6.07) is 20.2. The maximum atomic E-state index is 12.0. The summed E-state index contributed by atoms with van der Waals surface area (Å²) in [6.07, 6.45) is 4.47. The van der Waals surface area contributed by atoms with Gasteiger partial charge in [-0.2, -0.15) is 0 Å². The number of hydrogen-bond acceptors (Lipinski definition) is 4. The number of aliphatic hydroxyl groups is 1. The van der Waals surface area contributed by atoms with E-state index in [9.17, 15) is 9.90 Å². The molecule has 0 atom stereocenters. The zero-order chi connectivity index (χ0) is 18.2. The molecule has 0 bridgehead atoms. The minimum atomic E-state index is -0.260. The van der Waals surface area contributed by atoms with Crippen LogP contribution in [0.4, 0.5) is 0 Å². The predicted molar refractivity (Wildman–Crippen MR) is 104 cm³/mol. The minimum Gasteiger partial charge on any atom is -0.506 e. The Kier molecular flexibility index (Phi) is 5.99. The van der Waals surface area contributed by atoms with E-state index in [-0.39, 0.29) is 11.5 Å². The lowest BCUT2D eigenvalue weighted by atomic mass is 10.1. The maximum Gasteiger partial charge on any atom is 0.207 e. The monoisotopic (exact) mass is 346 g/mol. The number of nitrogens with zero attached hydrogens (tertiary/aromatic N) is 1. The SMILES string of the molecule is O=C1C=C(O)C(NCCc2ccccc2)=CC1=NCCc1ccccc1. The van der Waals surface area contributed by atoms with Crippen molar-refractivity contribution in [3.8, 4) is 0 Å². The summed E-state index contributed by atoms with van der Waals surface area (Å²) in [4.78, 5) is 16.5. The van der Waals surface area contributed by atoms with E-state index >= 15 is 0 Å². The third-order valence-corrected chi connectivity index (χ3v) is 4.17. The molecule has 0 aliphatic heterocycles. The molecule has 0 aromatic heterocycles. The molecule has 2 N–H and O–H groups in total. The summed E-state index contributed by atoms with van der Waals surface area (Å²) in [7, 11) is 0. The summed E-state index contributed by atoms with van der Waals surface area (Å²) >= 11 is 0. The highest BCUT2D eigenvalue weighted by atomic mass is 16.3. The van der Waals surface area contributed by atoms with E-state index in [4.69, 9.17) is 0 Å². The van der Waals surface area contributed by atoms with E-state index in [2.05, 4.69) is 22.4 Å². The van der Waals surface area contributed by atoms with Gasteiger partial charge in [0.1, 0.15) is 11.5 Å². The molecule has 0 fully saturated rings. The topological polar surface area (TPSA) is 61.7 Å². The second-order valence-electron chi connectivity index (χ2n) is 6.12. The lowest BCUT2D eigenvalue weighted by molar-refractivity contribution is -0.109. The Morgan fingerprint density at radius 1 is 0.846 bits per heavy atom. The molecule has 0 saturated heterocycles. The van der Waals surface area contributed by atoms with Crippen LogP contribution in [-0.2, 0) is 17.6 Å². The van der Waals surface area contributed by atoms with Gasteiger partial charge in [0.2, 0.25) is 5.78 Å². The molecular formula is C22H22N2O2. The van der Waals surface area contributed by atoms with E-state index in [0.717, 1.165) is 12.8 Å². The van der Waals surface area contributed by atoms with Gasteiger partial charge in [-0.25, -0.2) is 0 Å². The Labute approximate surface area is 153 Å². The number of nitrogens with one attached hydrogen (secondary N) is 1. The van der Waals surface area contributed by atoms with Crippen molar-refractivity contribution >= 4 is 11.5 Å². The summed E-state index contributed by atoms with van der Waals surface area (Å²) in [5.41, 5.74) is 3.32. The molecule has 2 aromatic rings. The van der Waals surface area contributed by atoms with Crippen LogP contribution in [0.15, 0.2) is 89.3 Å². The first-order chi connectivity index (χ1) is 12.7. The fourth-order valence-corrected chi connectivity index (χ4v) is 2.76. The molecule has 4 heteroatoms. The minimum absolute atomic E-state index is 0.0370. The second-order valence-corrected chi connectivity index (χ2v) is 6.12. The average Bonchev–Trinajstić information content (AvgIpc) is 2.66. The fraction of sp³-hybridized carbons (Fsp3) is 0.182. The van der Waals surface area contributed by atoms with Crippen LogP contribution in [0, 0.1) is 0 Å². The Balaban J connectivity index is 1.59. The van der Waals surface area contributed by atoms with E-state index < -0.39 is 0 Å². The molecule has 0 saturated carbocycles. The van der Waals surface area contributed by atoms with E-state index in [1.807, 2.05) is 48.5 Å². The van der Waals surface area contributed by atoms with Gasteiger partial charge in [-0.05, 0) is 30.0 Å². The van der Waals surface area contributed by atoms with Gasteiger partial charge in [-0.1, -0.05) is 60.7 Å².